The molecule has 1 amide bonds. The SMILES string of the molecule is CN=C(CC(=N)c1ccccn1)NC(=O)c1nc(C2CCCCC2)ncc1Nc1cncnc1. The first-order valence-corrected chi connectivity index (χ1v) is 11.3. The standard InChI is InChI=1S/C24H27N9O/c1-26-21(11-18(25)19-9-5-6-10-29-19)32-24(34)22-20(31-17-12-27-15-28-13-17)14-30-23(33-22)16-7-3-2-4-8-16/h5-6,9-10,12-16,25,31H,2-4,7-8,11H2,1H3,(H,26,32,34). The Morgan fingerprint density at radius 2 is 1.91 bits per heavy atom. The van der Waals surface area contributed by atoms with Crippen LogP contribution in [0.4, 0.5) is 11.4 Å². The molecule has 0 unspecified atom stereocenters. The molecule has 1 aliphatic rings. The number of amides is 1. The maximum atomic E-state index is 13.3. The van der Waals surface area contributed by atoms with E-state index in [-0.39, 0.29) is 23.7 Å². The molecule has 0 aromatic carbocycles. The molecule has 3 heterocycles. The Morgan fingerprint density at radius 1 is 1.12 bits per heavy atom. The van der Waals surface area contributed by atoms with Gasteiger partial charge in [-0.15, -0.1) is 0 Å². The van der Waals surface area contributed by atoms with Gasteiger partial charge in [-0.3, -0.25) is 14.8 Å². The first-order chi connectivity index (χ1) is 16.6. The van der Waals surface area contributed by atoms with Crippen molar-refractivity contribution >= 4 is 28.8 Å². The van der Waals surface area contributed by atoms with Gasteiger partial charge in [-0.25, -0.2) is 19.9 Å². The highest BCUT2D eigenvalue weighted by molar-refractivity contribution is 6.15. The summed E-state index contributed by atoms with van der Waals surface area (Å²) in [5, 5.41) is 14.3. The number of rotatable bonds is 7. The number of anilines is 2. The van der Waals surface area contributed by atoms with Gasteiger partial charge in [-0.1, -0.05) is 25.3 Å². The number of hydrogen-bond acceptors (Lipinski definition) is 9. The molecule has 4 rings (SSSR count). The molecule has 0 saturated heterocycles. The van der Waals surface area contributed by atoms with Crippen molar-refractivity contribution in [2.75, 3.05) is 12.4 Å². The maximum absolute atomic E-state index is 13.3. The topological polar surface area (TPSA) is 142 Å². The van der Waals surface area contributed by atoms with Gasteiger partial charge in [0.25, 0.3) is 5.91 Å². The van der Waals surface area contributed by atoms with E-state index in [1.807, 2.05) is 6.07 Å². The molecule has 0 bridgehead atoms. The molecule has 1 fully saturated rings. The first kappa shape index (κ1) is 23.1. The molecule has 34 heavy (non-hydrogen) atoms. The molecule has 174 valence electrons. The summed E-state index contributed by atoms with van der Waals surface area (Å²) < 4.78 is 0. The quantitative estimate of drug-likeness (QED) is 0.363. The minimum atomic E-state index is -0.423. The molecule has 0 radical (unpaired) electrons. The lowest BCUT2D eigenvalue weighted by Gasteiger charge is -2.21. The van der Waals surface area contributed by atoms with Gasteiger partial charge in [0.15, 0.2) is 5.69 Å². The predicted octanol–water partition coefficient (Wildman–Crippen LogP) is 3.67. The lowest BCUT2D eigenvalue weighted by molar-refractivity contribution is 0.0972. The Bertz CT molecular complexity index is 1160. The fourth-order valence-electron chi connectivity index (χ4n) is 3.91. The lowest BCUT2D eigenvalue weighted by Crippen LogP contribution is -2.33. The summed E-state index contributed by atoms with van der Waals surface area (Å²) in [4.78, 5) is 39.0. The second-order valence-electron chi connectivity index (χ2n) is 8.07. The molecule has 10 nitrogen and oxygen atoms in total. The molecule has 1 aliphatic carbocycles. The van der Waals surface area contributed by atoms with Gasteiger partial charge in [0.05, 0.1) is 41.4 Å². The minimum Gasteiger partial charge on any atom is -0.350 e. The third-order valence-corrected chi connectivity index (χ3v) is 5.68. The number of nitrogens with one attached hydrogen (secondary N) is 3. The van der Waals surface area contributed by atoms with Gasteiger partial charge in [-0.2, -0.15) is 0 Å². The Balaban J connectivity index is 1.57. The summed E-state index contributed by atoms with van der Waals surface area (Å²) in [5.41, 5.74) is 2.07. The van der Waals surface area contributed by atoms with Crippen LogP contribution in [0.2, 0.25) is 0 Å². The number of carbonyl (C=O) groups is 1. The van der Waals surface area contributed by atoms with E-state index in [4.69, 9.17) is 5.41 Å². The molecular formula is C24H27N9O. The van der Waals surface area contributed by atoms with Crippen LogP contribution in [0.5, 0.6) is 0 Å². The van der Waals surface area contributed by atoms with Crippen LogP contribution in [-0.2, 0) is 0 Å². The highest BCUT2D eigenvalue weighted by Crippen LogP contribution is 2.31. The number of nitrogens with zero attached hydrogens (tertiary/aromatic N) is 6. The van der Waals surface area contributed by atoms with Crippen LogP contribution >= 0.6 is 0 Å². The van der Waals surface area contributed by atoms with Crippen molar-refractivity contribution in [1.29, 1.82) is 5.41 Å². The van der Waals surface area contributed by atoms with Gasteiger partial charge in [0.2, 0.25) is 0 Å². The van der Waals surface area contributed by atoms with Crippen molar-refractivity contribution in [3.63, 3.8) is 0 Å². The third-order valence-electron chi connectivity index (χ3n) is 5.68. The van der Waals surface area contributed by atoms with Crippen molar-refractivity contribution in [2.45, 2.75) is 44.4 Å². The van der Waals surface area contributed by atoms with Gasteiger partial charge in [-0.05, 0) is 25.0 Å². The van der Waals surface area contributed by atoms with E-state index >= 15 is 0 Å². The summed E-state index contributed by atoms with van der Waals surface area (Å²) >= 11 is 0. The van der Waals surface area contributed by atoms with Gasteiger partial charge in [0.1, 0.15) is 18.0 Å². The average molecular weight is 458 g/mol. The summed E-state index contributed by atoms with van der Waals surface area (Å²) in [5.74, 6) is 0.850. The fraction of sp³-hybridized carbons (Fsp3) is 0.333. The normalized spacial score (nSPS) is 14.4. The predicted molar refractivity (Wildman–Crippen MR) is 130 cm³/mol. The minimum absolute atomic E-state index is 0.134. The first-order valence-electron chi connectivity index (χ1n) is 11.3. The molecule has 3 aromatic heterocycles. The second-order valence-corrected chi connectivity index (χ2v) is 8.07. The van der Waals surface area contributed by atoms with E-state index in [0.717, 1.165) is 25.7 Å². The Kier molecular flexibility index (Phi) is 7.59. The summed E-state index contributed by atoms with van der Waals surface area (Å²) in [6.07, 6.45) is 13.6. The van der Waals surface area contributed by atoms with E-state index in [1.54, 1.807) is 44.0 Å². The number of aliphatic imine (C=N–C) groups is 1. The van der Waals surface area contributed by atoms with Crippen LogP contribution in [0.1, 0.15) is 66.4 Å². The lowest BCUT2D eigenvalue weighted by atomic mass is 9.88. The molecule has 0 atom stereocenters. The fourth-order valence-corrected chi connectivity index (χ4v) is 3.91. The molecule has 3 N–H and O–H groups in total. The number of carbonyl (C=O) groups excluding carboxylic acids is 1. The smallest absolute Gasteiger partial charge is 0.277 e. The van der Waals surface area contributed by atoms with Crippen molar-refractivity contribution < 1.29 is 4.79 Å². The zero-order valence-electron chi connectivity index (χ0n) is 19.0. The van der Waals surface area contributed by atoms with E-state index in [0.29, 0.717) is 28.7 Å². The van der Waals surface area contributed by atoms with E-state index in [2.05, 4.69) is 40.5 Å². The monoisotopic (exact) mass is 457 g/mol. The summed E-state index contributed by atoms with van der Waals surface area (Å²) in [7, 11) is 1.58. The van der Waals surface area contributed by atoms with Crippen molar-refractivity contribution in [1.82, 2.24) is 30.2 Å². The molecule has 0 aliphatic heterocycles. The Labute approximate surface area is 197 Å². The Morgan fingerprint density at radius 3 is 2.62 bits per heavy atom. The number of amidine groups is 1. The largest absolute Gasteiger partial charge is 0.350 e. The number of aromatic nitrogens is 5. The molecule has 3 aromatic rings. The molecule has 0 spiro atoms. The van der Waals surface area contributed by atoms with Crippen molar-refractivity contribution in [3.05, 3.63) is 66.5 Å². The van der Waals surface area contributed by atoms with E-state index < -0.39 is 5.91 Å². The summed E-state index contributed by atoms with van der Waals surface area (Å²) in [6.45, 7) is 0. The number of hydrogen-bond donors (Lipinski definition) is 3. The highest BCUT2D eigenvalue weighted by Gasteiger charge is 2.23. The van der Waals surface area contributed by atoms with Crippen molar-refractivity contribution in [3.8, 4) is 0 Å². The number of pyridine rings is 1. The van der Waals surface area contributed by atoms with E-state index in [9.17, 15) is 4.79 Å². The van der Waals surface area contributed by atoms with Crippen LogP contribution in [0.3, 0.4) is 0 Å². The molecule has 10 heteroatoms. The van der Waals surface area contributed by atoms with E-state index in [1.165, 1.54) is 12.7 Å². The highest BCUT2D eigenvalue weighted by atomic mass is 16.2. The van der Waals surface area contributed by atoms with Crippen LogP contribution in [0.15, 0.2) is 54.3 Å². The average Bonchev–Trinajstić information content (AvgIpc) is 2.90. The van der Waals surface area contributed by atoms with Crippen LogP contribution < -0.4 is 10.6 Å². The van der Waals surface area contributed by atoms with Gasteiger partial charge < -0.3 is 16.0 Å². The molecule has 1 saturated carbocycles. The Hall–Kier alpha value is -4.08. The van der Waals surface area contributed by atoms with Gasteiger partial charge in [0, 0.05) is 25.6 Å². The zero-order valence-corrected chi connectivity index (χ0v) is 19.0. The molecular weight excluding hydrogens is 430 g/mol. The summed E-state index contributed by atoms with van der Waals surface area (Å²) in [6, 6.07) is 5.36. The van der Waals surface area contributed by atoms with Crippen LogP contribution in [0.25, 0.3) is 0 Å². The maximum Gasteiger partial charge on any atom is 0.277 e. The van der Waals surface area contributed by atoms with Crippen LogP contribution in [-0.4, -0.2) is 49.4 Å². The van der Waals surface area contributed by atoms with Crippen LogP contribution in [0, 0.1) is 5.41 Å². The van der Waals surface area contributed by atoms with Crippen molar-refractivity contribution in [2.24, 2.45) is 4.99 Å². The second kappa shape index (κ2) is 11.2. The van der Waals surface area contributed by atoms with Gasteiger partial charge >= 0.3 is 0 Å². The third kappa shape index (κ3) is 5.83. The zero-order chi connectivity index (χ0) is 23.8.